The first-order valence-electron chi connectivity index (χ1n) is 8.63. The van der Waals surface area contributed by atoms with Gasteiger partial charge < -0.3 is 10.2 Å². The smallest absolute Gasteiger partial charge is 0.385 e. The van der Waals surface area contributed by atoms with Gasteiger partial charge in [-0.25, -0.2) is 0 Å². The van der Waals surface area contributed by atoms with Crippen LogP contribution < -0.4 is 0 Å². The minimum absolute atomic E-state index is 3.74. The fourth-order valence-electron chi connectivity index (χ4n) is 2.24. The van der Waals surface area contributed by atoms with Gasteiger partial charge in [-0.15, -0.1) is 0 Å². The van der Waals surface area contributed by atoms with E-state index in [2.05, 4.69) is 0 Å². The van der Waals surface area contributed by atoms with Gasteiger partial charge in [-0.3, -0.25) is 0 Å². The van der Waals surface area contributed by atoms with E-state index in [4.69, 9.17) is 10.2 Å². The Bertz CT molecular complexity index is 845. The molecule has 0 atom stereocenters. The van der Waals surface area contributed by atoms with Gasteiger partial charge in [0.25, 0.3) is 0 Å². The Labute approximate surface area is 201 Å². The molecule has 2 N–H and O–H groups in total. The minimum Gasteiger partial charge on any atom is -0.390 e. The lowest BCUT2D eigenvalue weighted by atomic mass is 9.84. The Hall–Kier alpha value is -1.76. The van der Waals surface area contributed by atoms with Crippen molar-refractivity contribution < 1.29 is 116 Å². The third kappa shape index (κ3) is 4.22. The lowest BCUT2D eigenvalue weighted by Gasteiger charge is -2.45. The van der Waals surface area contributed by atoms with Crippen LogP contribution in [0.4, 0.5) is 105 Å². The zero-order valence-corrected chi connectivity index (χ0v) is 17.4. The van der Waals surface area contributed by atoms with Crippen LogP contribution in [0.2, 0.25) is 0 Å². The van der Waals surface area contributed by atoms with Crippen LogP contribution in [-0.4, -0.2) is 94.5 Å². The Morgan fingerprint density at radius 3 is 0.425 bits per heavy atom. The van der Waals surface area contributed by atoms with Crippen LogP contribution in [0.5, 0.6) is 0 Å². The van der Waals surface area contributed by atoms with Gasteiger partial charge in [0.2, 0.25) is 0 Å². The molecule has 26 heteroatoms. The summed E-state index contributed by atoms with van der Waals surface area (Å²) in [5.74, 6) is -105. The van der Waals surface area contributed by atoms with Crippen LogP contribution in [-0.2, 0) is 0 Å². The summed E-state index contributed by atoms with van der Waals surface area (Å²) in [7, 11) is 0. The van der Waals surface area contributed by atoms with E-state index in [0.29, 0.717) is 0 Å². The lowest BCUT2D eigenvalue weighted by molar-refractivity contribution is -0.479. The maximum Gasteiger partial charge on any atom is 0.385 e. The highest BCUT2D eigenvalue weighted by Crippen LogP contribution is 2.67. The summed E-state index contributed by atoms with van der Waals surface area (Å²) in [4.78, 5) is 0. The maximum absolute atomic E-state index is 13.6. The highest BCUT2D eigenvalue weighted by Gasteiger charge is 2.99. The van der Waals surface area contributed by atoms with Crippen LogP contribution in [0.3, 0.4) is 0 Å². The van der Waals surface area contributed by atoms with Crippen molar-refractivity contribution in [3.63, 3.8) is 0 Å². The summed E-state index contributed by atoms with van der Waals surface area (Å²) < 4.78 is 319. The van der Waals surface area contributed by atoms with Gasteiger partial charge in [0.05, 0.1) is 0 Å². The molecule has 40 heavy (non-hydrogen) atoms. The van der Waals surface area contributed by atoms with E-state index in [1.807, 2.05) is 0 Å². The number of alkyl halides is 24. The van der Waals surface area contributed by atoms with E-state index in [1.165, 1.54) is 0 Å². The van der Waals surface area contributed by atoms with Crippen LogP contribution in [0.1, 0.15) is 0 Å². The number of rotatable bonds is 13. The molecule has 0 aromatic rings. The predicted molar refractivity (Wildman–Crippen MR) is 73.5 cm³/mol. The molecule has 0 saturated heterocycles. The monoisotopic (exact) mass is 662 g/mol. The molecule has 0 aliphatic rings. The highest BCUT2D eigenvalue weighted by molar-refractivity contribution is 5.20. The third-order valence-corrected chi connectivity index (χ3v) is 4.86. The molecule has 2 nitrogen and oxygen atoms in total. The Morgan fingerprint density at radius 2 is 0.325 bits per heavy atom. The van der Waals surface area contributed by atoms with E-state index >= 15 is 0 Å². The van der Waals surface area contributed by atoms with Crippen LogP contribution in [0.25, 0.3) is 0 Å². The molecule has 0 aromatic heterocycles. The third-order valence-electron chi connectivity index (χ3n) is 4.86. The number of hydrogen-bond donors (Lipinski definition) is 2. The molecular weight excluding hydrogens is 656 g/mol. The Morgan fingerprint density at radius 1 is 0.225 bits per heavy atom. The quantitative estimate of drug-likeness (QED) is 0.219. The van der Waals surface area contributed by atoms with Crippen molar-refractivity contribution in [1.82, 2.24) is 0 Å². The van der Waals surface area contributed by atoms with E-state index in [-0.39, 0.29) is 0 Å². The Kier molecular flexibility index (Phi) is 8.96. The molecule has 0 fully saturated rings. The van der Waals surface area contributed by atoms with Gasteiger partial charge in [-0.1, -0.05) is 0 Å². The zero-order valence-electron chi connectivity index (χ0n) is 17.4. The van der Waals surface area contributed by atoms with Crippen molar-refractivity contribution in [2.45, 2.75) is 71.1 Å². The van der Waals surface area contributed by atoms with Gasteiger partial charge in [0.1, 0.15) is 13.2 Å². The maximum atomic E-state index is 13.6. The topological polar surface area (TPSA) is 40.5 Å². The van der Waals surface area contributed by atoms with Gasteiger partial charge in [-0.05, 0) is 0 Å². The second-order valence-corrected chi connectivity index (χ2v) is 7.47. The molecule has 0 aromatic carbocycles. The van der Waals surface area contributed by atoms with Crippen LogP contribution in [0.15, 0.2) is 0 Å². The number of aliphatic hydroxyl groups excluding tert-OH is 2. The SMILES string of the molecule is OCC(F)(F)C(F)(F)C(F)(F)C(F)(F)C(F)(F)C(F)(F)C(F)(F)C(F)(F)C(F)(F)C(F)(F)C(F)(F)C(F)(F)CO. The fourth-order valence-corrected chi connectivity index (χ4v) is 2.24. The number of hydrogen-bond acceptors (Lipinski definition) is 2. The summed E-state index contributed by atoms with van der Waals surface area (Å²) >= 11 is 0. The Balaban J connectivity index is 7.33. The molecule has 0 amide bonds. The molecule has 0 saturated carbocycles. The first-order valence-corrected chi connectivity index (χ1v) is 8.63. The molecule has 0 aliphatic carbocycles. The summed E-state index contributed by atoms with van der Waals surface area (Å²) in [6, 6.07) is 0. The van der Waals surface area contributed by atoms with E-state index < -0.39 is 84.3 Å². The van der Waals surface area contributed by atoms with Crippen molar-refractivity contribution in [2.75, 3.05) is 13.2 Å². The summed E-state index contributed by atoms with van der Waals surface area (Å²) in [5, 5.41) is 15.6. The predicted octanol–water partition coefficient (Wildman–Crippen LogP) is 6.59. The molecule has 0 unspecified atom stereocenters. The molecule has 0 bridgehead atoms. The lowest BCUT2D eigenvalue weighted by Crippen LogP contribution is -2.78. The molecule has 0 spiro atoms. The van der Waals surface area contributed by atoms with Crippen molar-refractivity contribution in [3.05, 3.63) is 0 Å². The molecule has 0 rings (SSSR count). The average molecular weight is 662 g/mol. The molecule has 0 radical (unpaired) electrons. The van der Waals surface area contributed by atoms with E-state index in [0.717, 1.165) is 0 Å². The standard InChI is InChI=1S/C14H6F24O2/c15-3(16,1-39)5(19,20)7(23,24)9(27,28)11(31,32)13(35,36)14(37,38)12(33,34)10(29,30)8(25,26)6(21,22)4(17,18)2-40/h39-40H,1-2H2. The zero-order chi connectivity index (χ0) is 33.4. The van der Waals surface area contributed by atoms with Crippen molar-refractivity contribution in [1.29, 1.82) is 0 Å². The molecular formula is C14H6F24O2. The summed E-state index contributed by atoms with van der Waals surface area (Å²) in [6.45, 7) is -7.48. The van der Waals surface area contributed by atoms with Crippen LogP contribution >= 0.6 is 0 Å². The summed E-state index contributed by atoms with van der Waals surface area (Å²) in [6.07, 6.45) is 0. The van der Waals surface area contributed by atoms with Crippen molar-refractivity contribution in [3.8, 4) is 0 Å². The normalized spacial score (nSPS) is 16.9. The van der Waals surface area contributed by atoms with Crippen molar-refractivity contribution in [2.24, 2.45) is 0 Å². The molecule has 242 valence electrons. The fraction of sp³-hybridized carbons (Fsp3) is 1.00. The van der Waals surface area contributed by atoms with Gasteiger partial charge >= 0.3 is 71.1 Å². The molecule has 0 aliphatic heterocycles. The minimum atomic E-state index is -9.55. The van der Waals surface area contributed by atoms with Gasteiger partial charge in [0, 0.05) is 0 Å². The van der Waals surface area contributed by atoms with E-state index in [9.17, 15) is 105 Å². The largest absolute Gasteiger partial charge is 0.390 e. The molecule has 0 heterocycles. The van der Waals surface area contributed by atoms with Gasteiger partial charge in [-0.2, -0.15) is 105 Å². The first kappa shape index (κ1) is 38.2. The second kappa shape index (κ2) is 9.37. The first-order chi connectivity index (χ1) is 16.9. The van der Waals surface area contributed by atoms with Gasteiger partial charge in [0.15, 0.2) is 0 Å². The highest BCUT2D eigenvalue weighted by atomic mass is 19.4. The van der Waals surface area contributed by atoms with Crippen LogP contribution in [0, 0.1) is 0 Å². The average Bonchev–Trinajstić information content (AvgIpc) is 2.77. The van der Waals surface area contributed by atoms with Crippen molar-refractivity contribution >= 4 is 0 Å². The van der Waals surface area contributed by atoms with E-state index in [1.54, 1.807) is 0 Å². The summed E-state index contributed by atoms with van der Waals surface area (Å²) in [5.41, 5.74) is 0. The number of halogens is 24. The number of aliphatic hydroxyl groups is 2. The second-order valence-electron chi connectivity index (χ2n) is 7.47.